The molecule has 0 unspecified atom stereocenters. The summed E-state index contributed by atoms with van der Waals surface area (Å²) in [6.45, 7) is 13.7. The van der Waals surface area contributed by atoms with Gasteiger partial charge >= 0.3 is 5.97 Å². The van der Waals surface area contributed by atoms with E-state index in [4.69, 9.17) is 4.74 Å². The SMILES string of the molecule is C=CC(C)(C)C(C)(C)C(=O)OCC. The molecule has 0 saturated carbocycles. The van der Waals surface area contributed by atoms with Gasteiger partial charge in [0.15, 0.2) is 0 Å². The van der Waals surface area contributed by atoms with Crippen LogP contribution in [0.4, 0.5) is 0 Å². The van der Waals surface area contributed by atoms with E-state index in [1.165, 1.54) is 0 Å². The fourth-order valence-corrected chi connectivity index (χ4v) is 0.830. The Bertz CT molecular complexity index is 202. The summed E-state index contributed by atoms with van der Waals surface area (Å²) < 4.78 is 5.01. The van der Waals surface area contributed by atoms with Gasteiger partial charge in [0.05, 0.1) is 12.0 Å². The highest BCUT2D eigenvalue weighted by atomic mass is 16.5. The summed E-state index contributed by atoms with van der Waals surface area (Å²) in [7, 11) is 0. The predicted molar refractivity (Wildman–Crippen MR) is 54.4 cm³/mol. The van der Waals surface area contributed by atoms with E-state index in [0.717, 1.165) is 0 Å². The van der Waals surface area contributed by atoms with Crippen LogP contribution >= 0.6 is 0 Å². The third kappa shape index (κ3) is 2.33. The standard InChI is InChI=1S/C11H20O2/c1-7-10(3,4)11(5,6)9(12)13-8-2/h7H,1,8H2,2-6H3. The molecule has 0 amide bonds. The van der Waals surface area contributed by atoms with E-state index < -0.39 is 5.41 Å². The van der Waals surface area contributed by atoms with Crippen molar-refractivity contribution >= 4 is 5.97 Å². The Hall–Kier alpha value is -0.790. The van der Waals surface area contributed by atoms with Crippen LogP contribution in [0.5, 0.6) is 0 Å². The van der Waals surface area contributed by atoms with Crippen LogP contribution in [-0.2, 0) is 9.53 Å². The molecule has 2 heteroatoms. The first kappa shape index (κ1) is 12.2. The first-order chi connectivity index (χ1) is 5.79. The normalized spacial score (nSPS) is 12.4. The molecule has 0 aromatic carbocycles. The van der Waals surface area contributed by atoms with Crippen molar-refractivity contribution in [1.82, 2.24) is 0 Å². The van der Waals surface area contributed by atoms with E-state index in [-0.39, 0.29) is 11.4 Å². The number of ether oxygens (including phenoxy) is 1. The van der Waals surface area contributed by atoms with Crippen molar-refractivity contribution < 1.29 is 9.53 Å². The second-order valence-corrected chi connectivity index (χ2v) is 4.27. The molecule has 0 radical (unpaired) electrons. The van der Waals surface area contributed by atoms with Gasteiger partial charge in [-0.1, -0.05) is 19.9 Å². The van der Waals surface area contributed by atoms with Crippen LogP contribution < -0.4 is 0 Å². The number of esters is 1. The molecule has 0 bridgehead atoms. The molecule has 2 nitrogen and oxygen atoms in total. The molecule has 0 saturated heterocycles. The van der Waals surface area contributed by atoms with Gasteiger partial charge < -0.3 is 4.74 Å². The Balaban J connectivity index is 4.74. The van der Waals surface area contributed by atoms with Gasteiger partial charge in [0.25, 0.3) is 0 Å². The lowest BCUT2D eigenvalue weighted by Gasteiger charge is -2.36. The smallest absolute Gasteiger partial charge is 0.312 e. The van der Waals surface area contributed by atoms with Gasteiger partial charge in [0, 0.05) is 0 Å². The lowest BCUT2D eigenvalue weighted by atomic mass is 9.68. The van der Waals surface area contributed by atoms with Crippen molar-refractivity contribution in [2.75, 3.05) is 6.61 Å². The summed E-state index contributed by atoms with van der Waals surface area (Å²) in [5.74, 6) is -0.167. The summed E-state index contributed by atoms with van der Waals surface area (Å²) in [5.41, 5.74) is -0.774. The average Bonchev–Trinajstić information content (AvgIpc) is 2.04. The molecule has 0 N–H and O–H groups in total. The molecule has 0 spiro atoms. The van der Waals surface area contributed by atoms with Crippen molar-refractivity contribution in [2.45, 2.75) is 34.6 Å². The highest BCUT2D eigenvalue weighted by Gasteiger charge is 2.42. The van der Waals surface area contributed by atoms with E-state index in [1.54, 1.807) is 6.08 Å². The lowest BCUT2D eigenvalue weighted by Crippen LogP contribution is -2.39. The molecule has 13 heavy (non-hydrogen) atoms. The van der Waals surface area contributed by atoms with Crippen LogP contribution in [0, 0.1) is 10.8 Å². The fourth-order valence-electron chi connectivity index (χ4n) is 0.830. The number of rotatable bonds is 4. The molecule has 0 rings (SSSR count). The Labute approximate surface area is 81.0 Å². The van der Waals surface area contributed by atoms with Crippen LogP contribution in [0.15, 0.2) is 12.7 Å². The molecule has 0 heterocycles. The highest BCUT2D eigenvalue weighted by molar-refractivity contribution is 5.77. The fraction of sp³-hybridized carbons (Fsp3) is 0.727. The minimum absolute atomic E-state index is 0.167. The molecule has 0 aliphatic heterocycles. The first-order valence-electron chi connectivity index (χ1n) is 4.60. The number of hydrogen-bond acceptors (Lipinski definition) is 2. The van der Waals surface area contributed by atoms with Crippen molar-refractivity contribution in [1.29, 1.82) is 0 Å². The average molecular weight is 184 g/mol. The van der Waals surface area contributed by atoms with E-state index in [2.05, 4.69) is 6.58 Å². The molecule has 0 aromatic rings. The van der Waals surface area contributed by atoms with Gasteiger partial charge in [-0.15, -0.1) is 6.58 Å². The second-order valence-electron chi connectivity index (χ2n) is 4.27. The third-order valence-corrected chi connectivity index (χ3v) is 2.91. The quantitative estimate of drug-likeness (QED) is 0.496. The van der Waals surface area contributed by atoms with E-state index >= 15 is 0 Å². The molecule has 0 atom stereocenters. The van der Waals surface area contributed by atoms with Gasteiger partial charge in [-0.3, -0.25) is 4.79 Å². The maximum absolute atomic E-state index is 11.6. The van der Waals surface area contributed by atoms with Crippen LogP contribution in [0.3, 0.4) is 0 Å². The summed E-state index contributed by atoms with van der Waals surface area (Å²) in [6, 6.07) is 0. The number of carbonyl (C=O) groups is 1. The van der Waals surface area contributed by atoms with E-state index in [9.17, 15) is 4.79 Å². The molecule has 0 fully saturated rings. The van der Waals surface area contributed by atoms with Gasteiger partial charge in [-0.2, -0.15) is 0 Å². The maximum Gasteiger partial charge on any atom is 0.312 e. The number of hydrogen-bond donors (Lipinski definition) is 0. The zero-order valence-electron chi connectivity index (χ0n) is 9.31. The van der Waals surface area contributed by atoms with Crippen molar-refractivity contribution in [3.63, 3.8) is 0 Å². The van der Waals surface area contributed by atoms with E-state index in [0.29, 0.717) is 6.61 Å². The van der Waals surface area contributed by atoms with Gasteiger partial charge in [-0.25, -0.2) is 0 Å². The molecule has 0 aliphatic carbocycles. The Morgan fingerprint density at radius 2 is 1.85 bits per heavy atom. The van der Waals surface area contributed by atoms with Crippen molar-refractivity contribution in [2.24, 2.45) is 10.8 Å². The second kappa shape index (κ2) is 3.95. The van der Waals surface area contributed by atoms with Crippen LogP contribution in [0.25, 0.3) is 0 Å². The highest BCUT2D eigenvalue weighted by Crippen LogP contribution is 2.40. The number of carbonyl (C=O) groups excluding carboxylic acids is 1. The summed E-state index contributed by atoms with van der Waals surface area (Å²) in [5, 5.41) is 0. The maximum atomic E-state index is 11.6. The van der Waals surface area contributed by atoms with Gasteiger partial charge in [-0.05, 0) is 26.2 Å². The van der Waals surface area contributed by atoms with Crippen LogP contribution in [0.2, 0.25) is 0 Å². The minimum atomic E-state index is -0.523. The molecule has 0 aromatic heterocycles. The molecule has 0 aliphatic rings. The largest absolute Gasteiger partial charge is 0.466 e. The van der Waals surface area contributed by atoms with Crippen LogP contribution in [-0.4, -0.2) is 12.6 Å². The van der Waals surface area contributed by atoms with Gasteiger partial charge in [0.1, 0.15) is 0 Å². The summed E-state index contributed by atoms with van der Waals surface area (Å²) >= 11 is 0. The molecular weight excluding hydrogens is 164 g/mol. The molecule has 76 valence electrons. The Morgan fingerprint density at radius 1 is 1.38 bits per heavy atom. The van der Waals surface area contributed by atoms with Crippen LogP contribution in [0.1, 0.15) is 34.6 Å². The Morgan fingerprint density at radius 3 is 2.15 bits per heavy atom. The number of allylic oxidation sites excluding steroid dienone is 1. The summed E-state index contributed by atoms with van der Waals surface area (Å²) in [4.78, 5) is 11.6. The van der Waals surface area contributed by atoms with Gasteiger partial charge in [0.2, 0.25) is 0 Å². The first-order valence-corrected chi connectivity index (χ1v) is 4.60. The third-order valence-electron chi connectivity index (χ3n) is 2.91. The minimum Gasteiger partial charge on any atom is -0.466 e. The Kier molecular flexibility index (Phi) is 3.71. The zero-order chi connectivity index (χ0) is 10.7. The molecular formula is C11H20O2. The lowest BCUT2D eigenvalue weighted by molar-refractivity contribution is -0.158. The summed E-state index contributed by atoms with van der Waals surface area (Å²) in [6.07, 6.45) is 1.80. The van der Waals surface area contributed by atoms with E-state index in [1.807, 2.05) is 34.6 Å². The van der Waals surface area contributed by atoms with Crippen molar-refractivity contribution in [3.05, 3.63) is 12.7 Å². The monoisotopic (exact) mass is 184 g/mol. The van der Waals surface area contributed by atoms with Crippen molar-refractivity contribution in [3.8, 4) is 0 Å². The topological polar surface area (TPSA) is 26.3 Å². The predicted octanol–water partition coefficient (Wildman–Crippen LogP) is 2.79. The zero-order valence-corrected chi connectivity index (χ0v) is 9.31.